The number of carboxylic acids is 1. The standard InChI is InChI=1S/C31H35BrF3N3O3/c1-18-28(24-13-20(32)7-10-26(24)37-29(18)38-12-4-5-22(34)16-38)30(41)36-17-31(2,3)15-19(6-11-27(39)40)23-14-21(33)8-9-25(23)35/h7-10,13-14,19,22H,4-6,11-12,15-17H2,1-3H3,(H,36,41)(H,39,40). The number of aromatic nitrogens is 1. The first-order valence-corrected chi connectivity index (χ1v) is 14.6. The van der Waals surface area contributed by atoms with E-state index in [4.69, 9.17) is 4.98 Å². The molecule has 1 aromatic heterocycles. The van der Waals surface area contributed by atoms with Crippen LogP contribution in [0.2, 0.25) is 0 Å². The van der Waals surface area contributed by atoms with Crippen molar-refractivity contribution in [3.05, 3.63) is 69.2 Å². The topological polar surface area (TPSA) is 82.5 Å². The number of carbonyl (C=O) groups is 2. The maximum atomic E-state index is 14.7. The number of pyridine rings is 1. The molecule has 0 saturated carbocycles. The molecule has 4 rings (SSSR count). The molecule has 2 N–H and O–H groups in total. The number of fused-ring (bicyclic) bond motifs is 1. The van der Waals surface area contributed by atoms with E-state index in [2.05, 4.69) is 21.2 Å². The maximum absolute atomic E-state index is 14.7. The second kappa shape index (κ2) is 12.8. The van der Waals surface area contributed by atoms with Crippen LogP contribution in [0.15, 0.2) is 40.9 Å². The van der Waals surface area contributed by atoms with Gasteiger partial charge in [-0.05, 0) is 85.9 Å². The predicted octanol–water partition coefficient (Wildman–Crippen LogP) is 7.32. The smallest absolute Gasteiger partial charge is 0.303 e. The van der Waals surface area contributed by atoms with Crippen LogP contribution in [0.1, 0.15) is 73.4 Å². The van der Waals surface area contributed by atoms with Crippen LogP contribution in [0.25, 0.3) is 10.9 Å². The van der Waals surface area contributed by atoms with E-state index >= 15 is 0 Å². The highest BCUT2D eigenvalue weighted by Crippen LogP contribution is 2.37. The van der Waals surface area contributed by atoms with Crippen molar-refractivity contribution in [3.8, 4) is 0 Å². The molecular weight excluding hydrogens is 599 g/mol. The van der Waals surface area contributed by atoms with E-state index in [1.54, 1.807) is 0 Å². The average molecular weight is 635 g/mol. The van der Waals surface area contributed by atoms with Crippen LogP contribution in [-0.4, -0.2) is 47.8 Å². The fraction of sp³-hybridized carbons (Fsp3) is 0.452. The summed E-state index contributed by atoms with van der Waals surface area (Å²) in [6.45, 7) is 6.69. The number of aliphatic carboxylic acids is 1. The van der Waals surface area contributed by atoms with Gasteiger partial charge in [0.05, 0.1) is 17.6 Å². The first kappa shape index (κ1) is 30.8. The van der Waals surface area contributed by atoms with Gasteiger partial charge in [0.1, 0.15) is 23.6 Å². The predicted molar refractivity (Wildman–Crippen MR) is 157 cm³/mol. The molecule has 2 atom stereocenters. The van der Waals surface area contributed by atoms with Gasteiger partial charge in [0.15, 0.2) is 0 Å². The number of nitrogens with zero attached hydrogens (tertiary/aromatic N) is 2. The van der Waals surface area contributed by atoms with Crippen molar-refractivity contribution in [2.45, 2.75) is 65.0 Å². The molecular formula is C31H35BrF3N3O3. The fourth-order valence-electron chi connectivity index (χ4n) is 5.68. The molecule has 0 aliphatic carbocycles. The lowest BCUT2D eigenvalue weighted by molar-refractivity contribution is -0.137. The van der Waals surface area contributed by atoms with E-state index in [0.29, 0.717) is 53.7 Å². The molecule has 220 valence electrons. The number of carboxylic acid groups (broad SMARTS) is 1. The molecule has 1 aliphatic rings. The number of piperidine rings is 1. The number of carbonyl (C=O) groups excluding carboxylic acids is 1. The number of alkyl halides is 1. The summed E-state index contributed by atoms with van der Waals surface area (Å²) < 4.78 is 43.7. The highest BCUT2D eigenvalue weighted by Gasteiger charge is 2.30. The molecule has 0 bridgehead atoms. The second-order valence-electron chi connectivity index (χ2n) is 11.6. The Bertz CT molecular complexity index is 1450. The van der Waals surface area contributed by atoms with Crippen LogP contribution >= 0.6 is 15.9 Å². The summed E-state index contributed by atoms with van der Waals surface area (Å²) in [5.74, 6) is -2.51. The Kier molecular flexibility index (Phi) is 9.62. The van der Waals surface area contributed by atoms with Gasteiger partial charge in [-0.15, -0.1) is 0 Å². The summed E-state index contributed by atoms with van der Waals surface area (Å²) in [6, 6.07) is 8.70. The van der Waals surface area contributed by atoms with Crippen molar-refractivity contribution >= 4 is 44.5 Å². The van der Waals surface area contributed by atoms with Crippen molar-refractivity contribution in [1.82, 2.24) is 10.3 Å². The lowest BCUT2D eigenvalue weighted by Gasteiger charge is -2.32. The van der Waals surface area contributed by atoms with E-state index in [1.165, 1.54) is 0 Å². The van der Waals surface area contributed by atoms with Gasteiger partial charge in [-0.2, -0.15) is 0 Å². The van der Waals surface area contributed by atoms with Crippen LogP contribution in [-0.2, 0) is 4.79 Å². The van der Waals surface area contributed by atoms with E-state index in [1.807, 2.05) is 43.9 Å². The summed E-state index contributed by atoms with van der Waals surface area (Å²) in [5.41, 5.74) is 1.26. The van der Waals surface area contributed by atoms with Gasteiger partial charge in [-0.25, -0.2) is 18.2 Å². The Morgan fingerprint density at radius 2 is 1.98 bits per heavy atom. The number of hydrogen-bond acceptors (Lipinski definition) is 4. The van der Waals surface area contributed by atoms with Crippen molar-refractivity contribution in [2.75, 3.05) is 24.5 Å². The Morgan fingerprint density at radius 1 is 1.22 bits per heavy atom. The summed E-state index contributed by atoms with van der Waals surface area (Å²) in [4.78, 5) is 31.8. The number of amides is 1. The molecule has 1 fully saturated rings. The average Bonchev–Trinajstić information content (AvgIpc) is 2.91. The zero-order chi connectivity index (χ0) is 29.9. The zero-order valence-electron chi connectivity index (χ0n) is 23.4. The minimum absolute atomic E-state index is 0.129. The number of hydrogen-bond donors (Lipinski definition) is 2. The summed E-state index contributed by atoms with van der Waals surface area (Å²) in [5, 5.41) is 12.9. The third-order valence-electron chi connectivity index (χ3n) is 7.69. The van der Waals surface area contributed by atoms with E-state index in [-0.39, 0.29) is 37.4 Å². The van der Waals surface area contributed by atoms with Crippen LogP contribution in [0.4, 0.5) is 19.0 Å². The lowest BCUT2D eigenvalue weighted by atomic mass is 9.77. The lowest BCUT2D eigenvalue weighted by Crippen LogP contribution is -2.38. The summed E-state index contributed by atoms with van der Waals surface area (Å²) >= 11 is 3.48. The first-order valence-electron chi connectivity index (χ1n) is 13.8. The van der Waals surface area contributed by atoms with Crippen LogP contribution in [0.3, 0.4) is 0 Å². The Balaban J connectivity index is 1.60. The molecule has 3 aromatic rings. The van der Waals surface area contributed by atoms with E-state index < -0.39 is 35.1 Å². The molecule has 2 unspecified atom stereocenters. The molecule has 2 aromatic carbocycles. The van der Waals surface area contributed by atoms with Crippen molar-refractivity contribution in [3.63, 3.8) is 0 Å². The number of nitrogens with one attached hydrogen (secondary N) is 1. The minimum atomic E-state index is -1.02. The van der Waals surface area contributed by atoms with Gasteiger partial charge in [0, 0.05) is 34.9 Å². The molecule has 0 radical (unpaired) electrons. The van der Waals surface area contributed by atoms with E-state index in [9.17, 15) is 27.9 Å². The minimum Gasteiger partial charge on any atom is -0.481 e. The highest BCUT2D eigenvalue weighted by molar-refractivity contribution is 9.10. The molecule has 0 spiro atoms. The van der Waals surface area contributed by atoms with Crippen molar-refractivity contribution in [1.29, 1.82) is 0 Å². The van der Waals surface area contributed by atoms with Gasteiger partial charge >= 0.3 is 5.97 Å². The molecule has 10 heteroatoms. The largest absolute Gasteiger partial charge is 0.481 e. The monoisotopic (exact) mass is 633 g/mol. The molecule has 1 amide bonds. The van der Waals surface area contributed by atoms with Crippen LogP contribution in [0.5, 0.6) is 0 Å². The van der Waals surface area contributed by atoms with Gasteiger partial charge in [0.25, 0.3) is 5.91 Å². The van der Waals surface area contributed by atoms with Gasteiger partial charge in [-0.3, -0.25) is 9.59 Å². The summed E-state index contributed by atoms with van der Waals surface area (Å²) in [7, 11) is 0. The molecule has 2 heterocycles. The first-order chi connectivity index (χ1) is 19.3. The Hall–Kier alpha value is -3.14. The molecule has 1 aliphatic heterocycles. The Labute approximate surface area is 246 Å². The number of anilines is 1. The third-order valence-corrected chi connectivity index (χ3v) is 8.18. The van der Waals surface area contributed by atoms with Crippen LogP contribution < -0.4 is 10.2 Å². The SMILES string of the molecule is Cc1c(N2CCCC(F)C2)nc2ccc(Br)cc2c1C(=O)NCC(C)(C)CC(CCC(=O)O)c1cc(F)ccc1F. The molecule has 1 saturated heterocycles. The number of benzene rings is 2. The van der Waals surface area contributed by atoms with Gasteiger partial charge in [0.2, 0.25) is 0 Å². The fourth-order valence-corrected chi connectivity index (χ4v) is 6.04. The second-order valence-corrected chi connectivity index (χ2v) is 12.5. The number of halogens is 4. The maximum Gasteiger partial charge on any atom is 0.303 e. The number of rotatable bonds is 10. The Morgan fingerprint density at radius 3 is 2.68 bits per heavy atom. The highest BCUT2D eigenvalue weighted by atomic mass is 79.9. The van der Waals surface area contributed by atoms with Crippen molar-refractivity contribution in [2.24, 2.45) is 5.41 Å². The van der Waals surface area contributed by atoms with Gasteiger partial charge < -0.3 is 15.3 Å². The quantitative estimate of drug-likeness (QED) is 0.244. The molecule has 41 heavy (non-hydrogen) atoms. The zero-order valence-corrected chi connectivity index (χ0v) is 25.0. The van der Waals surface area contributed by atoms with Crippen LogP contribution in [0, 0.1) is 24.0 Å². The van der Waals surface area contributed by atoms with E-state index in [0.717, 1.165) is 22.7 Å². The normalized spacial score (nSPS) is 16.6. The van der Waals surface area contributed by atoms with Crippen molar-refractivity contribution < 1.29 is 27.9 Å². The van der Waals surface area contributed by atoms with Gasteiger partial charge in [-0.1, -0.05) is 29.8 Å². The molecule has 6 nitrogen and oxygen atoms in total. The summed E-state index contributed by atoms with van der Waals surface area (Å²) in [6.07, 6.45) is 0.500. The third kappa shape index (κ3) is 7.58.